The number of rotatable bonds is 6. The topological polar surface area (TPSA) is 45.7 Å². The molecule has 1 aromatic carbocycles. The zero-order valence-electron chi connectivity index (χ0n) is 16.6. The van der Waals surface area contributed by atoms with E-state index in [2.05, 4.69) is 28.1 Å². The minimum Gasteiger partial charge on any atom is -0.494 e. The van der Waals surface area contributed by atoms with Crippen molar-refractivity contribution < 1.29 is 9.53 Å². The smallest absolute Gasteiger partial charge is 0.230 e. The van der Waals surface area contributed by atoms with E-state index in [9.17, 15) is 4.79 Å². The summed E-state index contributed by atoms with van der Waals surface area (Å²) in [6.07, 6.45) is 6.70. The Morgan fingerprint density at radius 2 is 1.93 bits per heavy atom. The molecule has 3 heterocycles. The maximum Gasteiger partial charge on any atom is 0.230 e. The van der Waals surface area contributed by atoms with Crippen LogP contribution in [0.3, 0.4) is 0 Å². The molecule has 2 saturated heterocycles. The minimum absolute atomic E-state index is 0.203. The molecular formula is C23H29N3O2. The Balaban J connectivity index is 1.39. The third-order valence-corrected chi connectivity index (χ3v) is 5.99. The fourth-order valence-corrected chi connectivity index (χ4v) is 4.60. The number of aromatic nitrogens is 1. The predicted octanol–water partition coefficient (Wildman–Crippen LogP) is 3.50. The molecule has 5 heteroatoms. The second-order valence-corrected chi connectivity index (χ2v) is 8.01. The summed E-state index contributed by atoms with van der Waals surface area (Å²) in [4.78, 5) is 22.0. The second kappa shape index (κ2) is 8.31. The van der Waals surface area contributed by atoms with Gasteiger partial charge in [-0.25, -0.2) is 0 Å². The summed E-state index contributed by atoms with van der Waals surface area (Å²) in [7, 11) is 0. The Bertz CT molecular complexity index is 793. The van der Waals surface area contributed by atoms with Crippen molar-refractivity contribution in [1.29, 1.82) is 0 Å². The van der Waals surface area contributed by atoms with Gasteiger partial charge in [-0.3, -0.25) is 14.7 Å². The first-order chi connectivity index (χ1) is 13.7. The van der Waals surface area contributed by atoms with Gasteiger partial charge < -0.3 is 9.64 Å². The summed E-state index contributed by atoms with van der Waals surface area (Å²) in [6, 6.07) is 12.3. The number of carbonyl (C=O) groups is 1. The van der Waals surface area contributed by atoms with E-state index in [1.165, 1.54) is 5.56 Å². The standard InChI is InChI=1S/C23H29N3O2/c1-2-28-21-8-6-19(7-9-21)16-25-14-11-23(18-25)10-4-13-26(22(23)27)17-20-5-3-12-24-15-20/h3,5-9,12,15H,2,4,10-11,13-14,16-18H2,1H3/t23-/m0/s1. The predicted molar refractivity (Wildman–Crippen MR) is 109 cm³/mol. The number of nitrogens with zero attached hydrogens (tertiary/aromatic N) is 3. The fourth-order valence-electron chi connectivity index (χ4n) is 4.60. The third-order valence-electron chi connectivity index (χ3n) is 5.99. The van der Waals surface area contributed by atoms with Gasteiger partial charge in [-0.1, -0.05) is 18.2 Å². The Morgan fingerprint density at radius 3 is 2.68 bits per heavy atom. The van der Waals surface area contributed by atoms with Gasteiger partial charge in [0.1, 0.15) is 5.75 Å². The molecule has 1 spiro atoms. The van der Waals surface area contributed by atoms with E-state index >= 15 is 0 Å². The molecule has 4 rings (SSSR count). The van der Waals surface area contributed by atoms with E-state index in [0.29, 0.717) is 19.1 Å². The number of carbonyl (C=O) groups excluding carboxylic acids is 1. The van der Waals surface area contributed by atoms with Gasteiger partial charge in [0, 0.05) is 38.6 Å². The van der Waals surface area contributed by atoms with Crippen molar-refractivity contribution in [2.75, 3.05) is 26.2 Å². The normalized spacial score (nSPS) is 22.8. The van der Waals surface area contributed by atoms with Crippen LogP contribution < -0.4 is 4.74 Å². The maximum absolute atomic E-state index is 13.3. The average molecular weight is 380 g/mol. The van der Waals surface area contributed by atoms with E-state index < -0.39 is 0 Å². The molecule has 1 atom stereocenters. The highest BCUT2D eigenvalue weighted by molar-refractivity contribution is 5.84. The number of likely N-dealkylation sites (tertiary alicyclic amines) is 2. The van der Waals surface area contributed by atoms with Gasteiger partial charge in [-0.15, -0.1) is 0 Å². The Labute approximate surface area is 167 Å². The molecular weight excluding hydrogens is 350 g/mol. The Morgan fingerprint density at radius 1 is 1.07 bits per heavy atom. The third kappa shape index (κ3) is 4.04. The van der Waals surface area contributed by atoms with Gasteiger partial charge in [-0.2, -0.15) is 0 Å². The van der Waals surface area contributed by atoms with Crippen molar-refractivity contribution in [1.82, 2.24) is 14.8 Å². The van der Waals surface area contributed by atoms with E-state index in [0.717, 1.165) is 56.8 Å². The van der Waals surface area contributed by atoms with Crippen LogP contribution in [-0.2, 0) is 17.9 Å². The van der Waals surface area contributed by atoms with E-state index in [4.69, 9.17) is 4.74 Å². The highest BCUT2D eigenvalue weighted by atomic mass is 16.5. The van der Waals surface area contributed by atoms with Crippen LogP contribution >= 0.6 is 0 Å². The summed E-state index contributed by atoms with van der Waals surface area (Å²) in [5.74, 6) is 1.24. The number of amides is 1. The summed E-state index contributed by atoms with van der Waals surface area (Å²) >= 11 is 0. The number of piperidine rings is 1. The number of hydrogen-bond donors (Lipinski definition) is 0. The zero-order valence-corrected chi connectivity index (χ0v) is 16.6. The SMILES string of the molecule is CCOc1ccc(CN2CC[C@@]3(CCCN(Cc4cccnc4)C3=O)C2)cc1. The molecule has 0 aliphatic carbocycles. The lowest BCUT2D eigenvalue weighted by Gasteiger charge is -2.39. The van der Waals surface area contributed by atoms with Crippen LogP contribution in [0.2, 0.25) is 0 Å². The van der Waals surface area contributed by atoms with Crippen LogP contribution in [0.15, 0.2) is 48.8 Å². The van der Waals surface area contributed by atoms with Crippen LogP contribution in [-0.4, -0.2) is 46.9 Å². The summed E-state index contributed by atoms with van der Waals surface area (Å²) in [5.41, 5.74) is 2.18. The zero-order chi connectivity index (χ0) is 19.4. The van der Waals surface area contributed by atoms with Crippen molar-refractivity contribution in [3.63, 3.8) is 0 Å². The molecule has 0 bridgehead atoms. The second-order valence-electron chi connectivity index (χ2n) is 8.01. The number of hydrogen-bond acceptors (Lipinski definition) is 4. The van der Waals surface area contributed by atoms with Crippen LogP contribution in [0.4, 0.5) is 0 Å². The summed E-state index contributed by atoms with van der Waals surface area (Å²) in [6.45, 7) is 6.95. The first-order valence-electron chi connectivity index (χ1n) is 10.3. The number of pyridine rings is 1. The molecule has 1 aromatic heterocycles. The average Bonchev–Trinajstić information content (AvgIpc) is 3.12. The molecule has 0 radical (unpaired) electrons. The van der Waals surface area contributed by atoms with Crippen molar-refractivity contribution in [2.24, 2.45) is 5.41 Å². The van der Waals surface area contributed by atoms with Crippen LogP contribution in [0.5, 0.6) is 5.75 Å². The molecule has 5 nitrogen and oxygen atoms in total. The van der Waals surface area contributed by atoms with E-state index in [1.54, 1.807) is 6.20 Å². The number of ether oxygens (including phenoxy) is 1. The van der Waals surface area contributed by atoms with Gasteiger partial charge >= 0.3 is 0 Å². The van der Waals surface area contributed by atoms with E-state index in [1.807, 2.05) is 36.2 Å². The van der Waals surface area contributed by atoms with Crippen molar-refractivity contribution in [3.8, 4) is 5.75 Å². The van der Waals surface area contributed by atoms with Gasteiger partial charge in [0.15, 0.2) is 0 Å². The summed E-state index contributed by atoms with van der Waals surface area (Å²) in [5, 5.41) is 0. The lowest BCUT2D eigenvalue weighted by atomic mass is 9.78. The van der Waals surface area contributed by atoms with Crippen molar-refractivity contribution >= 4 is 5.91 Å². The van der Waals surface area contributed by atoms with Crippen LogP contribution in [0.25, 0.3) is 0 Å². The first-order valence-corrected chi connectivity index (χ1v) is 10.3. The molecule has 148 valence electrons. The van der Waals surface area contributed by atoms with Gasteiger partial charge in [0.25, 0.3) is 0 Å². The fraction of sp³-hybridized carbons (Fsp3) is 0.478. The van der Waals surface area contributed by atoms with Gasteiger partial charge in [0.05, 0.1) is 12.0 Å². The molecule has 0 N–H and O–H groups in total. The maximum atomic E-state index is 13.3. The molecule has 1 amide bonds. The quantitative estimate of drug-likeness (QED) is 0.771. The molecule has 2 aliphatic heterocycles. The first kappa shape index (κ1) is 18.9. The highest BCUT2D eigenvalue weighted by Crippen LogP contribution is 2.41. The lowest BCUT2D eigenvalue weighted by Crippen LogP contribution is -2.49. The lowest BCUT2D eigenvalue weighted by molar-refractivity contribution is -0.146. The molecule has 2 aromatic rings. The minimum atomic E-state index is -0.203. The van der Waals surface area contributed by atoms with Gasteiger partial charge in [0.2, 0.25) is 5.91 Å². The number of benzene rings is 1. The van der Waals surface area contributed by atoms with Gasteiger partial charge in [-0.05, 0) is 62.1 Å². The monoisotopic (exact) mass is 379 g/mol. The molecule has 2 aliphatic rings. The summed E-state index contributed by atoms with van der Waals surface area (Å²) < 4.78 is 5.53. The van der Waals surface area contributed by atoms with Crippen LogP contribution in [0.1, 0.15) is 37.3 Å². The Kier molecular flexibility index (Phi) is 5.62. The molecule has 28 heavy (non-hydrogen) atoms. The molecule has 2 fully saturated rings. The van der Waals surface area contributed by atoms with Crippen molar-refractivity contribution in [3.05, 3.63) is 59.9 Å². The largest absolute Gasteiger partial charge is 0.494 e. The molecule has 0 saturated carbocycles. The Hall–Kier alpha value is -2.40. The van der Waals surface area contributed by atoms with Crippen LogP contribution in [0, 0.1) is 5.41 Å². The molecule has 0 unspecified atom stereocenters. The highest BCUT2D eigenvalue weighted by Gasteiger charge is 2.48. The van der Waals surface area contributed by atoms with E-state index in [-0.39, 0.29) is 5.41 Å². The van der Waals surface area contributed by atoms with Crippen molar-refractivity contribution in [2.45, 2.75) is 39.3 Å².